The average Bonchev–Trinajstić information content (AvgIpc) is 3.45. The molecule has 5 N–H and O–H groups in total. The van der Waals surface area contributed by atoms with E-state index in [2.05, 4.69) is 25.7 Å². The molecule has 3 aliphatic rings. The van der Waals surface area contributed by atoms with E-state index >= 15 is 0 Å². The molecule has 1 unspecified atom stereocenters. The number of phenolic OH excluding ortho intramolecular Hbond substituents is 1. The molecule has 3 aliphatic heterocycles. The summed E-state index contributed by atoms with van der Waals surface area (Å²) in [5.74, 6) is 0.380. The van der Waals surface area contributed by atoms with Crippen molar-refractivity contribution < 1.29 is 14.3 Å². The number of benzene rings is 2. The number of carbonyl (C=O) groups is 1. The predicted molar refractivity (Wildman–Crippen MR) is 137 cm³/mol. The highest BCUT2D eigenvalue weighted by Crippen LogP contribution is 2.46. The van der Waals surface area contributed by atoms with Crippen molar-refractivity contribution in [3.8, 4) is 5.75 Å². The van der Waals surface area contributed by atoms with Crippen molar-refractivity contribution in [3.63, 3.8) is 0 Å². The third kappa shape index (κ3) is 3.71. The van der Waals surface area contributed by atoms with Crippen LogP contribution in [0.25, 0.3) is 5.70 Å². The second kappa shape index (κ2) is 8.36. The topological polar surface area (TPSA) is 141 Å². The summed E-state index contributed by atoms with van der Waals surface area (Å²) in [7, 11) is 0. The second-order valence-electron chi connectivity index (χ2n) is 8.95. The van der Waals surface area contributed by atoms with Crippen molar-refractivity contribution in [2.75, 3.05) is 17.7 Å². The van der Waals surface area contributed by atoms with E-state index in [1.165, 1.54) is 24.3 Å². The number of anilines is 2. The fourth-order valence-corrected chi connectivity index (χ4v) is 4.78. The molecular formula is C25H20ClFN8O2. The number of rotatable bonds is 4. The first-order valence-electron chi connectivity index (χ1n) is 11.3. The Morgan fingerprint density at radius 2 is 2.00 bits per heavy atom. The standard InChI is InChI=1S/C25H20ClFN8O2/c1-25(13-4-7-15(26)18(36)9-13)19-20(28)32-21(33-22(19)34-24(25)37)17-10-35-23(29-11-30-35)16(31-17)8-12-2-5-14(27)6-3-12/h2-7,9-10,30,36H,8,11H2,1H3,(H3,28,32,33,34,37). The Morgan fingerprint density at radius 1 is 1.22 bits per heavy atom. The van der Waals surface area contributed by atoms with Gasteiger partial charge in [0, 0.05) is 6.42 Å². The molecule has 1 amide bonds. The van der Waals surface area contributed by atoms with Crippen LogP contribution in [0.1, 0.15) is 29.4 Å². The van der Waals surface area contributed by atoms with Gasteiger partial charge in [-0.1, -0.05) is 29.8 Å². The maximum absolute atomic E-state index is 13.4. The number of nitrogens with two attached hydrogens (primary N) is 1. The molecule has 0 radical (unpaired) electrons. The number of aromatic hydroxyl groups is 1. The third-order valence-electron chi connectivity index (χ3n) is 6.62. The van der Waals surface area contributed by atoms with Crippen molar-refractivity contribution >= 4 is 46.4 Å². The van der Waals surface area contributed by atoms with Gasteiger partial charge in [-0.3, -0.25) is 9.80 Å². The first-order chi connectivity index (χ1) is 17.7. The summed E-state index contributed by atoms with van der Waals surface area (Å²) < 4.78 is 13.4. The minimum Gasteiger partial charge on any atom is -0.506 e. The highest BCUT2D eigenvalue weighted by Gasteiger charge is 2.48. The van der Waals surface area contributed by atoms with Gasteiger partial charge < -0.3 is 16.2 Å². The van der Waals surface area contributed by atoms with Crippen molar-refractivity contribution in [2.24, 2.45) is 9.98 Å². The fourth-order valence-electron chi connectivity index (χ4n) is 4.66. The number of amidine groups is 1. The number of nitrogens with one attached hydrogen (secondary N) is 2. The van der Waals surface area contributed by atoms with Gasteiger partial charge >= 0.3 is 0 Å². The zero-order valence-corrected chi connectivity index (χ0v) is 20.2. The Bertz CT molecular complexity index is 1570. The molecule has 1 atom stereocenters. The van der Waals surface area contributed by atoms with Crippen LogP contribution in [0.3, 0.4) is 0 Å². The molecule has 2 aromatic carbocycles. The minimum atomic E-state index is -1.24. The molecule has 186 valence electrons. The minimum absolute atomic E-state index is 0.0975. The molecule has 10 nitrogen and oxygen atoms in total. The highest BCUT2D eigenvalue weighted by molar-refractivity contribution is 6.43. The zero-order valence-electron chi connectivity index (χ0n) is 19.5. The van der Waals surface area contributed by atoms with Crippen LogP contribution in [0.4, 0.5) is 16.0 Å². The summed E-state index contributed by atoms with van der Waals surface area (Å²) in [5.41, 5.74) is 11.1. The van der Waals surface area contributed by atoms with Crippen molar-refractivity contribution in [1.29, 1.82) is 0 Å². The summed E-state index contributed by atoms with van der Waals surface area (Å²) in [6, 6.07) is 10.8. The first-order valence-corrected chi connectivity index (χ1v) is 11.7. The number of halogens is 2. The smallest absolute Gasteiger partial charge is 0.240 e. The van der Waals surface area contributed by atoms with E-state index in [1.54, 1.807) is 36.3 Å². The lowest BCUT2D eigenvalue weighted by Gasteiger charge is -2.24. The largest absolute Gasteiger partial charge is 0.506 e. The summed E-state index contributed by atoms with van der Waals surface area (Å²) in [6.07, 6.45) is 2.11. The average molecular weight is 519 g/mol. The Kier molecular flexibility index (Phi) is 5.21. The van der Waals surface area contributed by atoms with Gasteiger partial charge in [-0.05, 0) is 42.3 Å². The lowest BCUT2D eigenvalue weighted by atomic mass is 9.77. The Labute approximate surface area is 215 Å². The van der Waals surface area contributed by atoms with E-state index in [4.69, 9.17) is 22.3 Å². The van der Waals surface area contributed by atoms with Gasteiger partial charge in [0.25, 0.3) is 0 Å². The van der Waals surface area contributed by atoms with Crippen LogP contribution in [0.15, 0.2) is 58.6 Å². The molecule has 6 rings (SSSR count). The summed E-state index contributed by atoms with van der Waals surface area (Å²) in [5, 5.41) is 14.8. The second-order valence-corrected chi connectivity index (χ2v) is 9.35. The number of nitrogens with zero attached hydrogens (tertiary/aromatic N) is 5. The molecule has 0 saturated carbocycles. The number of hydrogen-bond donors (Lipinski definition) is 4. The summed E-state index contributed by atoms with van der Waals surface area (Å²) in [4.78, 5) is 31.5. The van der Waals surface area contributed by atoms with Gasteiger partial charge in [0.05, 0.1) is 22.5 Å². The number of fused-ring (bicyclic) bond motifs is 2. The van der Waals surface area contributed by atoms with Crippen LogP contribution in [-0.2, 0) is 16.6 Å². The van der Waals surface area contributed by atoms with Crippen LogP contribution in [0.5, 0.6) is 5.75 Å². The molecule has 0 aliphatic carbocycles. The molecular weight excluding hydrogens is 499 g/mol. The predicted octanol–water partition coefficient (Wildman–Crippen LogP) is 2.99. The van der Waals surface area contributed by atoms with Gasteiger partial charge in [-0.15, -0.1) is 0 Å². The molecule has 1 aromatic heterocycles. The lowest BCUT2D eigenvalue weighted by molar-refractivity contribution is -0.119. The number of amides is 1. The number of phenols is 1. The molecule has 12 heteroatoms. The Morgan fingerprint density at radius 3 is 2.76 bits per heavy atom. The number of nitrogen functional groups attached to an aromatic ring is 1. The van der Waals surface area contributed by atoms with E-state index in [0.29, 0.717) is 41.5 Å². The Balaban J connectivity index is 1.40. The van der Waals surface area contributed by atoms with Crippen LogP contribution in [-0.4, -0.2) is 44.2 Å². The quantitative estimate of drug-likeness (QED) is 0.416. The molecule has 0 bridgehead atoms. The van der Waals surface area contributed by atoms with Gasteiger partial charge in [0.15, 0.2) is 11.7 Å². The number of hydrogen-bond acceptors (Lipinski definition) is 9. The van der Waals surface area contributed by atoms with Crippen molar-refractivity contribution in [3.05, 3.63) is 82.0 Å². The van der Waals surface area contributed by atoms with Gasteiger partial charge in [-0.25, -0.2) is 29.8 Å². The van der Waals surface area contributed by atoms with E-state index in [-0.39, 0.29) is 40.0 Å². The van der Waals surface area contributed by atoms with Gasteiger partial charge in [0.1, 0.15) is 41.0 Å². The molecule has 0 spiro atoms. The number of aromatic nitrogens is 2. The van der Waals surface area contributed by atoms with Gasteiger partial charge in [-0.2, -0.15) is 0 Å². The Hall–Kier alpha value is -4.35. The highest BCUT2D eigenvalue weighted by atomic mass is 35.5. The SMILES string of the molecule is CC1(c2ccc(Cl)c(O)c2)C(=O)Nc2nc(C3=CN4NCN=C4C(Cc4ccc(F)cc4)=N3)nc(N)c21. The van der Waals surface area contributed by atoms with Crippen LogP contribution in [0, 0.1) is 5.82 Å². The number of hydrazine groups is 1. The number of carbonyl (C=O) groups excluding carboxylic acids is 1. The number of aliphatic imine (C=N–C) groups is 2. The first kappa shape index (κ1) is 23.1. The molecule has 37 heavy (non-hydrogen) atoms. The van der Waals surface area contributed by atoms with Crippen molar-refractivity contribution in [1.82, 2.24) is 20.4 Å². The fraction of sp³-hybridized carbons (Fsp3) is 0.160. The zero-order chi connectivity index (χ0) is 25.9. The van der Waals surface area contributed by atoms with Crippen LogP contribution < -0.4 is 16.5 Å². The maximum atomic E-state index is 13.4. The monoisotopic (exact) mass is 518 g/mol. The summed E-state index contributed by atoms with van der Waals surface area (Å²) in [6.45, 7) is 2.06. The normalized spacial score (nSPS) is 20.1. The molecule has 0 saturated heterocycles. The van der Waals surface area contributed by atoms with Crippen molar-refractivity contribution in [2.45, 2.75) is 18.8 Å². The maximum Gasteiger partial charge on any atom is 0.240 e. The van der Waals surface area contributed by atoms with E-state index in [0.717, 1.165) is 5.56 Å². The van der Waals surface area contributed by atoms with E-state index in [1.807, 2.05) is 0 Å². The van der Waals surface area contributed by atoms with Crippen LogP contribution in [0.2, 0.25) is 5.02 Å². The van der Waals surface area contributed by atoms with Gasteiger partial charge in [0.2, 0.25) is 5.91 Å². The van der Waals surface area contributed by atoms with E-state index in [9.17, 15) is 14.3 Å². The third-order valence-corrected chi connectivity index (χ3v) is 6.94. The summed E-state index contributed by atoms with van der Waals surface area (Å²) >= 11 is 5.96. The molecule has 3 aromatic rings. The lowest BCUT2D eigenvalue weighted by Crippen LogP contribution is -2.39. The molecule has 4 heterocycles. The van der Waals surface area contributed by atoms with E-state index < -0.39 is 5.41 Å². The van der Waals surface area contributed by atoms with Crippen LogP contribution >= 0.6 is 11.6 Å². The molecule has 0 fully saturated rings.